The predicted octanol–water partition coefficient (Wildman–Crippen LogP) is 3.46. The van der Waals surface area contributed by atoms with Gasteiger partial charge in [-0.1, -0.05) is 19.1 Å². The first-order valence-corrected chi connectivity index (χ1v) is 10.9. The molecule has 0 aliphatic heterocycles. The Bertz CT molecular complexity index is 856. The molecule has 2 rings (SSSR count). The molecule has 29 heavy (non-hydrogen) atoms. The average molecular weight is 424 g/mol. The van der Waals surface area contributed by atoms with Gasteiger partial charge in [-0.25, -0.2) is 8.42 Å². The van der Waals surface area contributed by atoms with E-state index in [9.17, 15) is 8.42 Å². The van der Waals surface area contributed by atoms with Crippen molar-refractivity contribution in [2.75, 3.05) is 34.2 Å². The lowest BCUT2D eigenvalue weighted by Crippen LogP contribution is -2.32. The van der Waals surface area contributed by atoms with Crippen molar-refractivity contribution >= 4 is 10.0 Å². The summed E-state index contributed by atoms with van der Waals surface area (Å²) in [7, 11) is 2.76. The number of methoxy groups -OCH3 is 4. The normalized spacial score (nSPS) is 11.4. The second-order valence-electron chi connectivity index (χ2n) is 6.44. The summed E-state index contributed by atoms with van der Waals surface area (Å²) in [5, 5.41) is 0. The van der Waals surface area contributed by atoms with Gasteiger partial charge in [-0.15, -0.1) is 0 Å². The molecule has 0 radical (unpaired) electrons. The van der Waals surface area contributed by atoms with Crippen molar-refractivity contribution in [1.29, 1.82) is 0 Å². The zero-order valence-electron chi connectivity index (χ0n) is 17.6. The second-order valence-corrected chi connectivity index (χ2v) is 8.53. The highest BCUT2D eigenvalue weighted by Crippen LogP contribution is 2.30. The van der Waals surface area contributed by atoms with Crippen LogP contribution in [0.1, 0.15) is 24.5 Å². The van der Waals surface area contributed by atoms with Crippen LogP contribution in [0.25, 0.3) is 0 Å². The summed E-state index contributed by atoms with van der Waals surface area (Å²) < 4.78 is 48.8. The molecule has 0 heterocycles. The van der Waals surface area contributed by atoms with Crippen LogP contribution in [0.2, 0.25) is 0 Å². The number of sulfonamides is 1. The first-order chi connectivity index (χ1) is 13.9. The highest BCUT2D eigenvalue weighted by molar-refractivity contribution is 7.89. The first-order valence-electron chi connectivity index (χ1n) is 9.28. The minimum atomic E-state index is -3.49. The molecule has 7 nitrogen and oxygen atoms in total. The van der Waals surface area contributed by atoms with Crippen molar-refractivity contribution in [2.45, 2.75) is 26.4 Å². The van der Waals surface area contributed by atoms with Crippen molar-refractivity contribution in [2.24, 2.45) is 0 Å². The Morgan fingerprint density at radius 2 is 1.21 bits per heavy atom. The van der Waals surface area contributed by atoms with E-state index in [-0.39, 0.29) is 18.8 Å². The van der Waals surface area contributed by atoms with E-state index < -0.39 is 10.0 Å². The lowest BCUT2D eigenvalue weighted by atomic mass is 10.1. The molecule has 0 spiro atoms. The summed E-state index contributed by atoms with van der Waals surface area (Å²) in [6, 6.07) is 10.7. The van der Waals surface area contributed by atoms with Gasteiger partial charge in [0.1, 0.15) is 23.0 Å². The number of benzene rings is 2. The Hall–Kier alpha value is -2.45. The Morgan fingerprint density at radius 3 is 1.55 bits per heavy atom. The van der Waals surface area contributed by atoms with E-state index in [0.29, 0.717) is 29.4 Å². The van der Waals surface area contributed by atoms with Gasteiger partial charge in [0.05, 0.1) is 34.2 Å². The third-order valence-corrected chi connectivity index (χ3v) is 6.51. The third kappa shape index (κ3) is 5.77. The monoisotopic (exact) mass is 423 g/mol. The van der Waals surface area contributed by atoms with Crippen molar-refractivity contribution in [3.05, 3.63) is 47.5 Å². The van der Waals surface area contributed by atoms with Gasteiger partial charge in [0.15, 0.2) is 0 Å². The number of hydrogen-bond acceptors (Lipinski definition) is 6. The van der Waals surface area contributed by atoms with Crippen molar-refractivity contribution in [1.82, 2.24) is 4.31 Å². The maximum absolute atomic E-state index is 13.0. The fourth-order valence-corrected chi connectivity index (χ4v) is 4.43. The van der Waals surface area contributed by atoms with E-state index in [2.05, 4.69) is 0 Å². The van der Waals surface area contributed by atoms with Crippen molar-refractivity contribution in [3.8, 4) is 23.0 Å². The van der Waals surface area contributed by atoms with E-state index in [1.165, 1.54) is 4.31 Å². The fraction of sp³-hybridized carbons (Fsp3) is 0.429. The van der Waals surface area contributed by atoms with Crippen LogP contribution in [0.4, 0.5) is 0 Å². The minimum Gasteiger partial charge on any atom is -0.497 e. The molecule has 0 amide bonds. The molecule has 0 aromatic heterocycles. The first kappa shape index (κ1) is 22.8. The van der Waals surface area contributed by atoms with Crippen molar-refractivity contribution in [3.63, 3.8) is 0 Å². The van der Waals surface area contributed by atoms with Crippen LogP contribution >= 0.6 is 0 Å². The second kappa shape index (κ2) is 10.4. The molecule has 0 aliphatic rings. The summed E-state index contributed by atoms with van der Waals surface area (Å²) in [5.41, 5.74) is 1.50. The predicted molar refractivity (Wildman–Crippen MR) is 112 cm³/mol. The molecule has 2 aromatic carbocycles. The minimum absolute atomic E-state index is 0.0595. The van der Waals surface area contributed by atoms with Crippen LogP contribution in [0, 0.1) is 0 Å². The van der Waals surface area contributed by atoms with Crippen LogP contribution < -0.4 is 18.9 Å². The molecule has 0 N–H and O–H groups in total. The van der Waals surface area contributed by atoms with Gasteiger partial charge in [0.2, 0.25) is 10.0 Å². The third-order valence-electron chi connectivity index (χ3n) is 4.54. The van der Waals surface area contributed by atoms with Crippen LogP contribution in [-0.2, 0) is 23.1 Å². The quantitative estimate of drug-likeness (QED) is 0.551. The number of rotatable bonds is 11. The molecule has 160 valence electrons. The highest BCUT2D eigenvalue weighted by Gasteiger charge is 2.24. The summed E-state index contributed by atoms with van der Waals surface area (Å²) in [5.74, 6) is 2.49. The lowest BCUT2D eigenvalue weighted by Gasteiger charge is -2.24. The van der Waals surface area contributed by atoms with Crippen LogP contribution in [0.5, 0.6) is 23.0 Å². The van der Waals surface area contributed by atoms with E-state index >= 15 is 0 Å². The van der Waals surface area contributed by atoms with Crippen LogP contribution in [0.3, 0.4) is 0 Å². The van der Waals surface area contributed by atoms with E-state index in [0.717, 1.165) is 11.1 Å². The molecule has 2 aromatic rings. The van der Waals surface area contributed by atoms with Crippen LogP contribution in [-0.4, -0.2) is 46.9 Å². The van der Waals surface area contributed by atoms with Gasteiger partial charge < -0.3 is 18.9 Å². The summed E-state index contributed by atoms with van der Waals surface area (Å²) >= 11 is 0. The summed E-state index contributed by atoms with van der Waals surface area (Å²) in [4.78, 5) is 0. The SMILES string of the molecule is CCCS(=O)(=O)N(Cc1ccc(OC)cc1OC)Cc1ccc(OC)cc1OC. The Labute approximate surface area is 173 Å². The smallest absolute Gasteiger partial charge is 0.214 e. The van der Waals surface area contributed by atoms with Crippen molar-refractivity contribution < 1.29 is 27.4 Å². The van der Waals surface area contributed by atoms with Gasteiger partial charge in [-0.2, -0.15) is 4.31 Å². The largest absolute Gasteiger partial charge is 0.497 e. The molecule has 0 bridgehead atoms. The molecule has 0 saturated carbocycles. The lowest BCUT2D eigenvalue weighted by molar-refractivity contribution is 0.358. The Balaban J connectivity index is 2.42. The van der Waals surface area contributed by atoms with Gasteiger partial charge >= 0.3 is 0 Å². The molecular formula is C21H29NO6S. The van der Waals surface area contributed by atoms with E-state index in [1.807, 2.05) is 19.1 Å². The summed E-state index contributed by atoms with van der Waals surface area (Å²) in [6.07, 6.45) is 0.526. The topological polar surface area (TPSA) is 74.3 Å². The molecule has 0 saturated heterocycles. The zero-order chi connectivity index (χ0) is 21.4. The van der Waals surface area contributed by atoms with Crippen LogP contribution in [0.15, 0.2) is 36.4 Å². The van der Waals surface area contributed by atoms with Gasteiger partial charge in [-0.3, -0.25) is 0 Å². The fourth-order valence-electron chi connectivity index (χ4n) is 2.98. The zero-order valence-corrected chi connectivity index (χ0v) is 18.4. The maximum Gasteiger partial charge on any atom is 0.214 e. The molecule has 0 fully saturated rings. The van der Waals surface area contributed by atoms with E-state index in [4.69, 9.17) is 18.9 Å². The molecule has 0 unspecified atom stereocenters. The Kier molecular flexibility index (Phi) is 8.16. The van der Waals surface area contributed by atoms with Gasteiger partial charge in [0.25, 0.3) is 0 Å². The molecule has 0 aliphatic carbocycles. The Morgan fingerprint density at radius 1 is 0.759 bits per heavy atom. The molecule has 8 heteroatoms. The number of hydrogen-bond donors (Lipinski definition) is 0. The van der Waals surface area contributed by atoms with Gasteiger partial charge in [0, 0.05) is 36.3 Å². The standard InChI is InChI=1S/C21H29NO6S/c1-6-11-29(23,24)22(14-16-7-9-18(25-2)12-20(16)27-4)15-17-8-10-19(26-3)13-21(17)28-5/h7-10,12-13H,6,11,14-15H2,1-5H3. The highest BCUT2D eigenvalue weighted by atomic mass is 32.2. The molecular weight excluding hydrogens is 394 g/mol. The molecule has 0 atom stereocenters. The van der Waals surface area contributed by atoms with Gasteiger partial charge in [-0.05, 0) is 18.6 Å². The van der Waals surface area contributed by atoms with E-state index in [1.54, 1.807) is 52.7 Å². The summed E-state index contributed by atoms with van der Waals surface area (Å²) in [6.45, 7) is 2.19. The number of nitrogens with zero attached hydrogens (tertiary/aromatic N) is 1. The number of ether oxygens (including phenoxy) is 4. The maximum atomic E-state index is 13.0. The average Bonchev–Trinajstić information content (AvgIpc) is 2.73.